The lowest BCUT2D eigenvalue weighted by molar-refractivity contribution is 0.406. The summed E-state index contributed by atoms with van der Waals surface area (Å²) in [5, 5.41) is 0. The second-order valence-electron chi connectivity index (χ2n) is 5.72. The lowest BCUT2D eigenvalue weighted by Crippen LogP contribution is -2.16. The minimum absolute atomic E-state index is 0.107. The van der Waals surface area contributed by atoms with E-state index in [9.17, 15) is 4.79 Å². The normalized spacial score (nSPS) is 10.4. The van der Waals surface area contributed by atoms with Crippen LogP contribution in [-0.4, -0.2) is 27.0 Å². The van der Waals surface area contributed by atoms with Gasteiger partial charge in [-0.05, 0) is 39.3 Å². The predicted octanol–water partition coefficient (Wildman–Crippen LogP) is 3.17. The van der Waals surface area contributed by atoms with Crippen LogP contribution in [0.2, 0.25) is 0 Å². The maximum Gasteiger partial charge on any atom is 0.254 e. The molecule has 0 amide bonds. The van der Waals surface area contributed by atoms with Crippen LogP contribution in [0.15, 0.2) is 30.1 Å². The van der Waals surface area contributed by atoms with Gasteiger partial charge in [0.2, 0.25) is 0 Å². The number of rotatable bonds is 4. The van der Waals surface area contributed by atoms with Crippen LogP contribution in [0.5, 0.6) is 5.75 Å². The summed E-state index contributed by atoms with van der Waals surface area (Å²) in [4.78, 5) is 27.1. The molecule has 0 aromatic carbocycles. The molecular formula is C19H24N4O2. The Morgan fingerprint density at radius 3 is 2.44 bits per heavy atom. The van der Waals surface area contributed by atoms with Crippen LogP contribution in [0.1, 0.15) is 28.3 Å². The van der Waals surface area contributed by atoms with E-state index in [1.165, 1.54) is 0 Å². The first-order chi connectivity index (χ1) is 12.0. The highest BCUT2D eigenvalue weighted by atomic mass is 16.5. The van der Waals surface area contributed by atoms with Gasteiger partial charge < -0.3 is 14.7 Å². The number of aromatic amines is 2. The minimum atomic E-state index is -0.107. The van der Waals surface area contributed by atoms with Gasteiger partial charge in [0.05, 0.1) is 18.2 Å². The van der Waals surface area contributed by atoms with Gasteiger partial charge in [0.15, 0.2) is 5.65 Å². The topological polar surface area (TPSA) is 83.7 Å². The van der Waals surface area contributed by atoms with Gasteiger partial charge in [0, 0.05) is 23.4 Å². The van der Waals surface area contributed by atoms with Gasteiger partial charge in [0.25, 0.3) is 5.56 Å². The number of fused-ring (bicyclic) bond motifs is 1. The fraction of sp³-hybridized carbons (Fsp3) is 0.316. The molecule has 0 unspecified atom stereocenters. The maximum atomic E-state index is 12.0. The van der Waals surface area contributed by atoms with E-state index in [1.807, 2.05) is 26.0 Å². The molecule has 0 saturated carbocycles. The van der Waals surface area contributed by atoms with E-state index in [4.69, 9.17) is 4.74 Å². The summed E-state index contributed by atoms with van der Waals surface area (Å²) in [5.41, 5.74) is 4.95. The molecule has 3 rings (SSSR count). The quantitative estimate of drug-likeness (QED) is 0.715. The van der Waals surface area contributed by atoms with E-state index >= 15 is 0 Å². The number of aromatic nitrogens is 4. The minimum Gasteiger partial charge on any atom is -0.496 e. The fourth-order valence-electron chi connectivity index (χ4n) is 2.80. The molecular weight excluding hydrogens is 316 g/mol. The zero-order valence-corrected chi connectivity index (χ0v) is 15.2. The number of nitrogens with zero attached hydrogens (tertiary/aromatic N) is 2. The number of H-pyrrole nitrogens is 2. The van der Waals surface area contributed by atoms with E-state index < -0.39 is 0 Å². The third-order valence-corrected chi connectivity index (χ3v) is 4.09. The number of imidazole rings is 1. The number of ether oxygens (including phenoxy) is 1. The molecule has 6 nitrogen and oxygen atoms in total. The molecule has 0 bridgehead atoms. The molecule has 3 aromatic rings. The van der Waals surface area contributed by atoms with Gasteiger partial charge in [-0.1, -0.05) is 0 Å². The molecule has 2 N–H and O–H groups in total. The van der Waals surface area contributed by atoms with Gasteiger partial charge in [-0.15, -0.1) is 13.2 Å². The molecule has 0 fully saturated rings. The Morgan fingerprint density at radius 1 is 1.04 bits per heavy atom. The highest BCUT2D eigenvalue weighted by molar-refractivity contribution is 5.70. The van der Waals surface area contributed by atoms with E-state index in [-0.39, 0.29) is 5.56 Å². The zero-order chi connectivity index (χ0) is 18.6. The number of pyridine rings is 2. The number of methoxy groups -OCH3 is 1. The third kappa shape index (κ3) is 3.79. The second kappa shape index (κ2) is 7.79. The standard InChI is InChI=1S/C17H20N4O2.C2H4/c1-9-5-6-13-16(18-9)21-14(19-13)8-7-12-10(2)15(23-4)11(3)17(22)20-12;1-2/h5-6H,7-8H2,1-4H3,(H,20,22)(H,18,19,21);1-2H2. The van der Waals surface area contributed by atoms with Gasteiger partial charge in [-0.3, -0.25) is 4.79 Å². The molecule has 0 atom stereocenters. The SMILES string of the molecule is C=C.COc1c(C)c(CCc2nc3nc(C)ccc3[nH]2)[nH]c(=O)c1C. The Morgan fingerprint density at radius 2 is 1.76 bits per heavy atom. The van der Waals surface area contributed by atoms with Gasteiger partial charge >= 0.3 is 0 Å². The molecule has 25 heavy (non-hydrogen) atoms. The van der Waals surface area contributed by atoms with E-state index in [2.05, 4.69) is 33.1 Å². The molecule has 0 spiro atoms. The van der Waals surface area contributed by atoms with Crippen molar-refractivity contribution < 1.29 is 4.74 Å². The van der Waals surface area contributed by atoms with Crippen LogP contribution in [0.4, 0.5) is 0 Å². The Kier molecular flexibility index (Phi) is 5.75. The molecule has 0 saturated heterocycles. The Bertz CT molecular complexity index is 940. The lowest BCUT2D eigenvalue weighted by atomic mass is 10.1. The number of aryl methyl sites for hydroxylation is 3. The second-order valence-corrected chi connectivity index (χ2v) is 5.72. The van der Waals surface area contributed by atoms with Crippen molar-refractivity contribution in [1.82, 2.24) is 19.9 Å². The molecule has 0 radical (unpaired) electrons. The summed E-state index contributed by atoms with van der Waals surface area (Å²) in [7, 11) is 1.59. The van der Waals surface area contributed by atoms with Gasteiger partial charge in [-0.2, -0.15) is 0 Å². The average Bonchev–Trinajstić information content (AvgIpc) is 3.01. The van der Waals surface area contributed by atoms with Gasteiger partial charge in [-0.25, -0.2) is 9.97 Å². The molecule has 3 aromatic heterocycles. The highest BCUT2D eigenvalue weighted by Crippen LogP contribution is 2.22. The summed E-state index contributed by atoms with van der Waals surface area (Å²) in [6, 6.07) is 3.94. The van der Waals surface area contributed by atoms with Crippen LogP contribution in [0.3, 0.4) is 0 Å². The summed E-state index contributed by atoms with van der Waals surface area (Å²) in [6.07, 6.45) is 1.37. The lowest BCUT2D eigenvalue weighted by Gasteiger charge is -2.12. The van der Waals surface area contributed by atoms with E-state index in [1.54, 1.807) is 14.0 Å². The van der Waals surface area contributed by atoms with Crippen molar-refractivity contribution in [3.63, 3.8) is 0 Å². The van der Waals surface area contributed by atoms with Crippen LogP contribution >= 0.6 is 0 Å². The fourth-order valence-corrected chi connectivity index (χ4v) is 2.80. The monoisotopic (exact) mass is 340 g/mol. The predicted molar refractivity (Wildman–Crippen MR) is 100 cm³/mol. The van der Waals surface area contributed by atoms with Crippen LogP contribution in [0, 0.1) is 20.8 Å². The van der Waals surface area contributed by atoms with Crippen molar-refractivity contribution >= 4 is 11.2 Å². The maximum absolute atomic E-state index is 12.0. The van der Waals surface area contributed by atoms with E-state index in [0.717, 1.165) is 33.9 Å². The number of hydrogen-bond acceptors (Lipinski definition) is 4. The molecule has 0 aliphatic rings. The van der Waals surface area contributed by atoms with Crippen molar-refractivity contribution in [3.05, 3.63) is 64.0 Å². The van der Waals surface area contributed by atoms with E-state index in [0.29, 0.717) is 24.2 Å². The van der Waals surface area contributed by atoms with Crippen molar-refractivity contribution in [2.45, 2.75) is 33.6 Å². The summed E-state index contributed by atoms with van der Waals surface area (Å²) in [6.45, 7) is 11.7. The zero-order valence-electron chi connectivity index (χ0n) is 15.2. The Balaban J connectivity index is 0.00000109. The first-order valence-corrected chi connectivity index (χ1v) is 8.08. The Hall–Kier alpha value is -2.89. The molecule has 132 valence electrons. The summed E-state index contributed by atoms with van der Waals surface area (Å²) in [5.74, 6) is 1.52. The first-order valence-electron chi connectivity index (χ1n) is 8.08. The smallest absolute Gasteiger partial charge is 0.254 e. The largest absolute Gasteiger partial charge is 0.496 e. The van der Waals surface area contributed by atoms with Crippen LogP contribution in [0.25, 0.3) is 11.2 Å². The van der Waals surface area contributed by atoms with Crippen molar-refractivity contribution in [1.29, 1.82) is 0 Å². The average molecular weight is 340 g/mol. The Labute approximate surface area is 147 Å². The van der Waals surface area contributed by atoms with Gasteiger partial charge in [0.1, 0.15) is 11.6 Å². The summed E-state index contributed by atoms with van der Waals surface area (Å²) >= 11 is 0. The number of hydrogen-bond donors (Lipinski definition) is 2. The number of nitrogens with one attached hydrogen (secondary N) is 2. The first kappa shape index (κ1) is 18.4. The van der Waals surface area contributed by atoms with Crippen LogP contribution in [-0.2, 0) is 12.8 Å². The molecule has 6 heteroatoms. The third-order valence-electron chi connectivity index (χ3n) is 4.09. The van der Waals surface area contributed by atoms with Crippen molar-refractivity contribution in [2.24, 2.45) is 0 Å². The summed E-state index contributed by atoms with van der Waals surface area (Å²) < 4.78 is 5.36. The molecule has 3 heterocycles. The van der Waals surface area contributed by atoms with Crippen LogP contribution < -0.4 is 10.3 Å². The highest BCUT2D eigenvalue weighted by Gasteiger charge is 2.13. The molecule has 0 aliphatic carbocycles. The molecule has 0 aliphatic heterocycles. The van der Waals surface area contributed by atoms with Crippen molar-refractivity contribution in [3.8, 4) is 5.75 Å². The van der Waals surface area contributed by atoms with Crippen molar-refractivity contribution in [2.75, 3.05) is 7.11 Å².